The van der Waals surface area contributed by atoms with E-state index < -0.39 is 5.97 Å². The zero-order valence-electron chi connectivity index (χ0n) is 10.8. The first-order valence-corrected chi connectivity index (χ1v) is 6.28. The maximum atomic E-state index is 10.6. The molecule has 0 amide bonds. The molecule has 0 aliphatic heterocycles. The molecule has 0 saturated heterocycles. The average Bonchev–Trinajstić information content (AvgIpc) is 2.43. The zero-order chi connectivity index (χ0) is 13.7. The Kier molecular flexibility index (Phi) is 4.36. The van der Waals surface area contributed by atoms with E-state index in [9.17, 15) is 4.79 Å². The van der Waals surface area contributed by atoms with Gasteiger partial charge in [-0.25, -0.2) is 4.79 Å². The zero-order valence-corrected chi connectivity index (χ0v) is 10.8. The fraction of sp³-hybridized carbons (Fsp3) is 0.267. The number of hydrogen-bond donors (Lipinski definition) is 2. The van der Waals surface area contributed by atoms with Gasteiger partial charge in [0.2, 0.25) is 0 Å². The summed E-state index contributed by atoms with van der Waals surface area (Å²) in [5, 5.41) is 14.2. The molecule has 0 aliphatic rings. The van der Waals surface area contributed by atoms with Gasteiger partial charge in [-0.15, -0.1) is 0 Å². The predicted molar refractivity (Wildman–Crippen MR) is 74.5 cm³/mol. The number of ether oxygens (including phenoxy) is 1. The first-order chi connectivity index (χ1) is 9.22. The maximum absolute atomic E-state index is 10.6. The van der Waals surface area contributed by atoms with Crippen molar-refractivity contribution < 1.29 is 14.6 Å². The molecule has 2 aromatic carbocycles. The third-order valence-corrected chi connectivity index (χ3v) is 2.90. The number of carbonyl (C=O) groups is 1. The molecule has 0 aromatic heterocycles. The minimum Gasteiger partial charge on any atom is -0.482 e. The lowest BCUT2D eigenvalue weighted by molar-refractivity contribution is -0.139. The number of nitrogens with one attached hydrogen (secondary N) is 1. The first kappa shape index (κ1) is 13.4. The highest BCUT2D eigenvalue weighted by Crippen LogP contribution is 2.28. The molecule has 0 saturated carbocycles. The second-order valence-electron chi connectivity index (χ2n) is 4.23. The molecule has 0 aliphatic carbocycles. The van der Waals surface area contributed by atoms with Crippen LogP contribution in [0.1, 0.15) is 12.5 Å². The van der Waals surface area contributed by atoms with Gasteiger partial charge in [0.15, 0.2) is 6.61 Å². The quantitative estimate of drug-likeness (QED) is 0.836. The van der Waals surface area contributed by atoms with Crippen molar-refractivity contribution in [2.75, 3.05) is 13.2 Å². The summed E-state index contributed by atoms with van der Waals surface area (Å²) in [5.41, 5.74) is 1.00. The fourth-order valence-electron chi connectivity index (χ4n) is 2.02. The van der Waals surface area contributed by atoms with Crippen LogP contribution in [0, 0.1) is 0 Å². The van der Waals surface area contributed by atoms with E-state index in [-0.39, 0.29) is 6.61 Å². The van der Waals surface area contributed by atoms with Crippen molar-refractivity contribution in [3.8, 4) is 5.75 Å². The number of carboxylic acid groups (broad SMARTS) is 1. The van der Waals surface area contributed by atoms with Gasteiger partial charge in [-0.1, -0.05) is 37.3 Å². The van der Waals surface area contributed by atoms with Crippen LogP contribution in [0.2, 0.25) is 0 Å². The molecule has 2 rings (SSSR count). The summed E-state index contributed by atoms with van der Waals surface area (Å²) in [6.07, 6.45) is 0. The fourth-order valence-corrected chi connectivity index (χ4v) is 2.02. The largest absolute Gasteiger partial charge is 0.482 e. The third kappa shape index (κ3) is 3.23. The normalized spacial score (nSPS) is 10.6. The van der Waals surface area contributed by atoms with Gasteiger partial charge >= 0.3 is 5.97 Å². The molecule has 2 aromatic rings. The van der Waals surface area contributed by atoms with Gasteiger partial charge in [0, 0.05) is 12.1 Å². The Balaban J connectivity index is 2.40. The monoisotopic (exact) mass is 259 g/mol. The van der Waals surface area contributed by atoms with Crippen molar-refractivity contribution in [2.24, 2.45) is 0 Å². The van der Waals surface area contributed by atoms with Gasteiger partial charge in [0.05, 0.1) is 0 Å². The average molecular weight is 259 g/mol. The first-order valence-electron chi connectivity index (χ1n) is 6.28. The van der Waals surface area contributed by atoms with Crippen molar-refractivity contribution in [3.63, 3.8) is 0 Å². The standard InChI is InChI=1S/C15H17NO3/c1-2-16-9-13-12-6-4-3-5-11(12)7-8-14(13)19-10-15(17)18/h3-8,16H,2,9-10H2,1H3,(H,17,18). The van der Waals surface area contributed by atoms with E-state index >= 15 is 0 Å². The lowest BCUT2D eigenvalue weighted by Gasteiger charge is -2.13. The SMILES string of the molecule is CCNCc1c(OCC(=O)O)ccc2ccccc12. The number of carboxylic acids is 1. The van der Waals surface area contributed by atoms with Gasteiger partial charge in [-0.3, -0.25) is 0 Å². The summed E-state index contributed by atoms with van der Waals surface area (Å²) < 4.78 is 5.36. The summed E-state index contributed by atoms with van der Waals surface area (Å²) in [4.78, 5) is 10.6. The molecule has 0 fully saturated rings. The lowest BCUT2D eigenvalue weighted by atomic mass is 10.0. The molecule has 4 heteroatoms. The smallest absolute Gasteiger partial charge is 0.341 e. The highest BCUT2D eigenvalue weighted by Gasteiger charge is 2.09. The van der Waals surface area contributed by atoms with Crippen LogP contribution in [0.4, 0.5) is 0 Å². The Morgan fingerprint density at radius 1 is 1.26 bits per heavy atom. The number of hydrogen-bond acceptors (Lipinski definition) is 3. The second kappa shape index (κ2) is 6.20. The molecule has 0 heterocycles. The van der Waals surface area contributed by atoms with Crippen molar-refractivity contribution in [3.05, 3.63) is 42.0 Å². The van der Waals surface area contributed by atoms with Crippen LogP contribution in [0.3, 0.4) is 0 Å². The molecule has 0 unspecified atom stereocenters. The number of benzene rings is 2. The summed E-state index contributed by atoms with van der Waals surface area (Å²) in [6, 6.07) is 11.8. The van der Waals surface area contributed by atoms with E-state index in [0.717, 1.165) is 22.9 Å². The van der Waals surface area contributed by atoms with Gasteiger partial charge < -0.3 is 15.2 Å². The highest BCUT2D eigenvalue weighted by molar-refractivity contribution is 5.87. The van der Waals surface area contributed by atoms with Crippen LogP contribution >= 0.6 is 0 Å². The van der Waals surface area contributed by atoms with Gasteiger partial charge in [-0.2, -0.15) is 0 Å². The van der Waals surface area contributed by atoms with Crippen LogP contribution in [0.15, 0.2) is 36.4 Å². The number of rotatable bonds is 6. The molecule has 100 valence electrons. The van der Waals surface area contributed by atoms with Crippen LogP contribution in [-0.4, -0.2) is 24.2 Å². The number of aliphatic carboxylic acids is 1. The van der Waals surface area contributed by atoms with Crippen molar-refractivity contribution in [1.82, 2.24) is 5.32 Å². The Morgan fingerprint density at radius 3 is 2.79 bits per heavy atom. The van der Waals surface area contributed by atoms with Gasteiger partial charge in [0.25, 0.3) is 0 Å². The Labute approximate surface area is 112 Å². The Bertz CT molecular complexity index is 581. The summed E-state index contributed by atoms with van der Waals surface area (Å²) in [7, 11) is 0. The topological polar surface area (TPSA) is 58.6 Å². The van der Waals surface area contributed by atoms with E-state index in [1.165, 1.54) is 0 Å². The molecule has 19 heavy (non-hydrogen) atoms. The maximum Gasteiger partial charge on any atom is 0.341 e. The molecule has 0 bridgehead atoms. The van der Waals surface area contributed by atoms with Crippen molar-refractivity contribution in [1.29, 1.82) is 0 Å². The van der Waals surface area contributed by atoms with E-state index in [1.54, 1.807) is 0 Å². The summed E-state index contributed by atoms with van der Waals surface area (Å²) in [6.45, 7) is 3.22. The van der Waals surface area contributed by atoms with Crippen molar-refractivity contribution in [2.45, 2.75) is 13.5 Å². The highest BCUT2D eigenvalue weighted by atomic mass is 16.5. The molecule has 0 radical (unpaired) electrons. The Hall–Kier alpha value is -2.07. The third-order valence-electron chi connectivity index (χ3n) is 2.90. The van der Waals surface area contributed by atoms with E-state index in [1.807, 2.05) is 43.3 Å². The predicted octanol–water partition coefficient (Wildman–Crippen LogP) is 2.41. The molecule has 2 N–H and O–H groups in total. The van der Waals surface area contributed by atoms with Crippen LogP contribution in [0.25, 0.3) is 10.8 Å². The summed E-state index contributed by atoms with van der Waals surface area (Å²) >= 11 is 0. The molecular weight excluding hydrogens is 242 g/mol. The molecule has 0 atom stereocenters. The van der Waals surface area contributed by atoms with Crippen LogP contribution in [-0.2, 0) is 11.3 Å². The number of fused-ring (bicyclic) bond motifs is 1. The van der Waals surface area contributed by atoms with Crippen molar-refractivity contribution >= 4 is 16.7 Å². The Morgan fingerprint density at radius 2 is 2.05 bits per heavy atom. The minimum absolute atomic E-state index is 0.322. The molecule has 4 nitrogen and oxygen atoms in total. The minimum atomic E-state index is -0.970. The van der Waals surface area contributed by atoms with Crippen LogP contribution in [0.5, 0.6) is 5.75 Å². The second-order valence-corrected chi connectivity index (χ2v) is 4.23. The summed E-state index contributed by atoms with van der Waals surface area (Å²) in [5.74, 6) is -0.343. The van der Waals surface area contributed by atoms with E-state index in [2.05, 4.69) is 5.32 Å². The molecule has 0 spiro atoms. The van der Waals surface area contributed by atoms with Crippen LogP contribution < -0.4 is 10.1 Å². The van der Waals surface area contributed by atoms with E-state index in [0.29, 0.717) is 12.3 Å². The van der Waals surface area contributed by atoms with Gasteiger partial charge in [-0.05, 0) is 23.4 Å². The lowest BCUT2D eigenvalue weighted by Crippen LogP contribution is -2.15. The molecular formula is C15H17NO3. The van der Waals surface area contributed by atoms with E-state index in [4.69, 9.17) is 9.84 Å². The van der Waals surface area contributed by atoms with Gasteiger partial charge in [0.1, 0.15) is 5.75 Å².